The van der Waals surface area contributed by atoms with Gasteiger partial charge in [0.2, 0.25) is 0 Å². The molecule has 2 saturated heterocycles. The molecule has 1 N–H and O–H groups in total. The number of benzene rings is 1. The number of nitrogens with zero attached hydrogens (tertiary/aromatic N) is 5. The van der Waals surface area contributed by atoms with Gasteiger partial charge in [0.25, 0.3) is 5.91 Å². The van der Waals surface area contributed by atoms with Gasteiger partial charge in [-0.1, -0.05) is 0 Å². The van der Waals surface area contributed by atoms with E-state index in [4.69, 9.17) is 0 Å². The van der Waals surface area contributed by atoms with E-state index in [2.05, 4.69) is 28.3 Å². The smallest absolute Gasteiger partial charge is 0.317 e. The maximum atomic E-state index is 14.4. The topological polar surface area (TPSA) is 73.7 Å². The highest BCUT2D eigenvalue weighted by Crippen LogP contribution is 2.33. The number of carbonyl (C=O) groups excluding carboxylic acids is 2. The average Bonchev–Trinajstić information content (AvgIpc) is 3.58. The van der Waals surface area contributed by atoms with Gasteiger partial charge in [0.05, 0.1) is 23.0 Å². The number of halogens is 1. The van der Waals surface area contributed by atoms with Crippen molar-refractivity contribution in [2.45, 2.75) is 71.4 Å². The molecule has 8 nitrogen and oxygen atoms in total. The summed E-state index contributed by atoms with van der Waals surface area (Å²) in [6.45, 7) is 11.0. The van der Waals surface area contributed by atoms with Crippen LogP contribution < -0.4 is 5.32 Å². The lowest BCUT2D eigenvalue weighted by atomic mass is 9.96. The number of pyridine rings is 1. The van der Waals surface area contributed by atoms with Crippen LogP contribution in [0.1, 0.15) is 67.4 Å². The molecule has 2 aliphatic heterocycles. The molecule has 2 aromatic heterocycles. The number of hydrogen-bond acceptors (Lipinski definition) is 4. The van der Waals surface area contributed by atoms with Crippen molar-refractivity contribution in [2.75, 3.05) is 39.8 Å². The van der Waals surface area contributed by atoms with E-state index < -0.39 is 5.82 Å². The van der Waals surface area contributed by atoms with Crippen LogP contribution in [0.5, 0.6) is 0 Å². The largest absolute Gasteiger partial charge is 0.339 e. The van der Waals surface area contributed by atoms with Crippen molar-refractivity contribution >= 4 is 22.8 Å². The fourth-order valence-electron chi connectivity index (χ4n) is 6.84. The lowest BCUT2D eigenvalue weighted by Gasteiger charge is -2.34. The second kappa shape index (κ2) is 12.3. The number of hydrogen-bond donors (Lipinski definition) is 1. The van der Waals surface area contributed by atoms with Crippen LogP contribution >= 0.6 is 0 Å². The van der Waals surface area contributed by atoms with Crippen LogP contribution in [0.4, 0.5) is 9.18 Å². The SMILES string of the molecule is Cc1cncc2c1c(CC1CCN(CC3CCN(C(=O)NC4CC4)CC3)C1)cn2-c1ccc(F)cc1C(=O)N(C)C(C)C. The highest BCUT2D eigenvalue weighted by atomic mass is 19.1. The summed E-state index contributed by atoms with van der Waals surface area (Å²) in [4.78, 5) is 36.6. The van der Waals surface area contributed by atoms with E-state index in [1.807, 2.05) is 35.7 Å². The Morgan fingerprint density at radius 2 is 1.81 bits per heavy atom. The van der Waals surface area contributed by atoms with Crippen molar-refractivity contribution in [2.24, 2.45) is 11.8 Å². The number of aromatic nitrogens is 2. The second-order valence-electron chi connectivity index (χ2n) is 13.3. The molecule has 4 heterocycles. The van der Waals surface area contributed by atoms with Gasteiger partial charge in [-0.05, 0) is 107 Å². The van der Waals surface area contributed by atoms with Gasteiger partial charge in [-0.3, -0.25) is 9.78 Å². The van der Waals surface area contributed by atoms with E-state index in [1.54, 1.807) is 18.0 Å². The Hall–Kier alpha value is -3.46. The Morgan fingerprint density at radius 1 is 1.07 bits per heavy atom. The van der Waals surface area contributed by atoms with Gasteiger partial charge in [-0.25, -0.2) is 9.18 Å². The zero-order valence-electron chi connectivity index (χ0n) is 26.0. The molecular formula is C34H45FN6O2. The van der Waals surface area contributed by atoms with Crippen molar-refractivity contribution < 1.29 is 14.0 Å². The minimum Gasteiger partial charge on any atom is -0.339 e. The van der Waals surface area contributed by atoms with Gasteiger partial charge in [0.1, 0.15) is 5.82 Å². The summed E-state index contributed by atoms with van der Waals surface area (Å²) in [6, 6.07) is 5.01. The third kappa shape index (κ3) is 6.42. The van der Waals surface area contributed by atoms with Gasteiger partial charge in [0.15, 0.2) is 0 Å². The lowest BCUT2D eigenvalue weighted by molar-refractivity contribution is 0.0754. The molecule has 1 aliphatic carbocycles. The normalized spacial score (nSPS) is 19.9. The molecule has 1 aromatic carbocycles. The number of carbonyl (C=O) groups is 2. The van der Waals surface area contributed by atoms with Crippen molar-refractivity contribution in [3.63, 3.8) is 0 Å². The number of fused-ring (bicyclic) bond motifs is 1. The van der Waals surface area contributed by atoms with Crippen molar-refractivity contribution in [1.29, 1.82) is 0 Å². The first-order valence-electron chi connectivity index (χ1n) is 16.0. The van der Waals surface area contributed by atoms with Crippen molar-refractivity contribution in [1.82, 2.24) is 29.6 Å². The third-order valence-corrected chi connectivity index (χ3v) is 9.73. The Labute approximate surface area is 254 Å². The maximum absolute atomic E-state index is 14.4. The highest BCUT2D eigenvalue weighted by molar-refractivity contribution is 5.99. The quantitative estimate of drug-likeness (QED) is 0.383. The molecule has 43 heavy (non-hydrogen) atoms. The van der Waals surface area contributed by atoms with Crippen LogP contribution in [-0.2, 0) is 6.42 Å². The fourth-order valence-corrected chi connectivity index (χ4v) is 6.84. The summed E-state index contributed by atoms with van der Waals surface area (Å²) < 4.78 is 16.5. The van der Waals surface area contributed by atoms with Crippen LogP contribution in [0.15, 0.2) is 36.8 Å². The van der Waals surface area contributed by atoms with Gasteiger partial charge < -0.3 is 24.6 Å². The van der Waals surface area contributed by atoms with Crippen LogP contribution in [0.25, 0.3) is 16.6 Å². The van der Waals surface area contributed by atoms with E-state index in [-0.39, 0.29) is 18.0 Å². The predicted octanol–water partition coefficient (Wildman–Crippen LogP) is 5.40. The number of nitrogens with one attached hydrogen (secondary N) is 1. The number of piperidine rings is 1. The Bertz CT molecular complexity index is 1490. The molecule has 0 spiro atoms. The van der Waals surface area contributed by atoms with E-state index in [1.165, 1.54) is 23.1 Å². The number of amides is 3. The summed E-state index contributed by atoms with van der Waals surface area (Å²) in [5.41, 5.74) is 4.32. The standard InChI is InChI=1S/C34H45FN6O2/c1-22(2)38(4)33(42)29-16-27(35)5-8-30(29)41-21-26(32-23(3)17-36-18-31(32)41)15-25-9-12-39(20-25)19-24-10-13-40(14-11-24)34(43)37-28-6-7-28/h5,8,16-18,21-22,24-25,28H,6-7,9-15,19-20H2,1-4H3,(H,37,43). The summed E-state index contributed by atoms with van der Waals surface area (Å²) in [5, 5.41) is 4.30. The van der Waals surface area contributed by atoms with Crippen LogP contribution in [-0.4, -0.2) is 88.0 Å². The Kier molecular flexibility index (Phi) is 8.45. The molecule has 9 heteroatoms. The zero-order valence-corrected chi connectivity index (χ0v) is 26.0. The summed E-state index contributed by atoms with van der Waals surface area (Å²) in [5.74, 6) is 0.553. The molecule has 1 saturated carbocycles. The highest BCUT2D eigenvalue weighted by Gasteiger charge is 2.31. The number of likely N-dealkylation sites (tertiary alicyclic amines) is 2. The number of urea groups is 1. The van der Waals surface area contributed by atoms with E-state index in [0.29, 0.717) is 29.1 Å². The molecule has 3 aliphatic rings. The molecule has 230 valence electrons. The minimum absolute atomic E-state index is 0.00539. The van der Waals surface area contributed by atoms with Crippen molar-refractivity contribution in [3.05, 3.63) is 59.3 Å². The van der Waals surface area contributed by atoms with Crippen molar-refractivity contribution in [3.8, 4) is 5.69 Å². The molecule has 3 amide bonds. The van der Waals surface area contributed by atoms with Crippen LogP contribution in [0, 0.1) is 24.6 Å². The molecule has 3 aromatic rings. The molecule has 6 rings (SSSR count). The molecular weight excluding hydrogens is 543 g/mol. The molecule has 0 bridgehead atoms. The summed E-state index contributed by atoms with van der Waals surface area (Å²) in [6.07, 6.45) is 12.4. The minimum atomic E-state index is -0.423. The monoisotopic (exact) mass is 588 g/mol. The predicted molar refractivity (Wildman–Crippen MR) is 167 cm³/mol. The molecule has 3 fully saturated rings. The third-order valence-electron chi connectivity index (χ3n) is 9.73. The first kappa shape index (κ1) is 29.6. The average molecular weight is 589 g/mol. The van der Waals surface area contributed by atoms with Gasteiger partial charge >= 0.3 is 6.03 Å². The Balaban J connectivity index is 1.16. The van der Waals surface area contributed by atoms with Crippen LogP contribution in [0.3, 0.4) is 0 Å². The summed E-state index contributed by atoms with van der Waals surface area (Å²) >= 11 is 0. The number of aryl methyl sites for hydroxylation is 1. The molecule has 1 atom stereocenters. The first-order chi connectivity index (χ1) is 20.7. The number of rotatable bonds is 8. The van der Waals surface area contributed by atoms with E-state index in [9.17, 15) is 14.0 Å². The molecule has 0 radical (unpaired) electrons. The van der Waals surface area contributed by atoms with Gasteiger partial charge in [0, 0.05) is 63.1 Å². The lowest BCUT2D eigenvalue weighted by Crippen LogP contribution is -2.46. The van der Waals surface area contributed by atoms with Gasteiger partial charge in [-0.2, -0.15) is 0 Å². The molecule has 1 unspecified atom stereocenters. The first-order valence-corrected chi connectivity index (χ1v) is 16.0. The maximum Gasteiger partial charge on any atom is 0.317 e. The fraction of sp³-hybridized carbons (Fsp3) is 0.559. The van der Waals surface area contributed by atoms with Gasteiger partial charge in [-0.15, -0.1) is 0 Å². The Morgan fingerprint density at radius 3 is 2.53 bits per heavy atom. The zero-order chi connectivity index (χ0) is 30.2. The van der Waals surface area contributed by atoms with E-state index >= 15 is 0 Å². The second-order valence-corrected chi connectivity index (χ2v) is 13.3. The van der Waals surface area contributed by atoms with E-state index in [0.717, 1.165) is 82.3 Å². The van der Waals surface area contributed by atoms with Crippen LogP contribution in [0.2, 0.25) is 0 Å². The summed E-state index contributed by atoms with van der Waals surface area (Å²) in [7, 11) is 1.76.